The number of carboxylic acid groups (broad SMARTS) is 1. The zero-order valence-electron chi connectivity index (χ0n) is 11.0. The number of carbonyl (C=O) groups is 2. The van der Waals surface area contributed by atoms with Crippen LogP contribution in [0.15, 0.2) is 0 Å². The number of carbonyl (C=O) groups excluding carboxylic acids is 1. The summed E-state index contributed by atoms with van der Waals surface area (Å²) in [5, 5.41) is 9.12. The molecule has 0 spiro atoms. The van der Waals surface area contributed by atoms with E-state index in [1.165, 1.54) is 0 Å². The smallest absolute Gasteiger partial charge is 0.481 e. The second-order valence-corrected chi connectivity index (χ2v) is 4.46. The van der Waals surface area contributed by atoms with Crippen LogP contribution in [0.25, 0.3) is 0 Å². The van der Waals surface area contributed by atoms with Crippen molar-refractivity contribution in [1.29, 1.82) is 0 Å². The lowest BCUT2D eigenvalue weighted by atomic mass is 9.84. The van der Waals surface area contributed by atoms with Gasteiger partial charge in [-0.15, -0.1) is 0 Å². The number of hydrogen-bond donors (Lipinski definition) is 1. The van der Waals surface area contributed by atoms with E-state index in [1.807, 2.05) is 6.92 Å². The van der Waals surface area contributed by atoms with Gasteiger partial charge in [0.2, 0.25) is 0 Å². The Labute approximate surface area is 102 Å². The van der Waals surface area contributed by atoms with E-state index >= 15 is 0 Å². The normalized spacial score (nSPS) is 12.9. The van der Waals surface area contributed by atoms with Crippen molar-refractivity contribution in [2.75, 3.05) is 6.61 Å². The molecule has 1 unspecified atom stereocenters. The zero-order valence-corrected chi connectivity index (χ0v) is 11.0. The Morgan fingerprint density at radius 3 is 2.29 bits per heavy atom. The average molecular weight is 246 g/mol. The van der Waals surface area contributed by atoms with Gasteiger partial charge in [-0.05, 0) is 27.2 Å². The van der Waals surface area contributed by atoms with E-state index in [2.05, 4.69) is 4.74 Å². The van der Waals surface area contributed by atoms with Crippen molar-refractivity contribution in [3.05, 3.63) is 0 Å². The molecule has 0 fully saturated rings. The third-order valence-electron chi connectivity index (χ3n) is 2.68. The van der Waals surface area contributed by atoms with Crippen molar-refractivity contribution in [2.24, 2.45) is 5.41 Å². The molecule has 0 amide bonds. The summed E-state index contributed by atoms with van der Waals surface area (Å²) in [5.74, 6) is -0.983. The van der Waals surface area contributed by atoms with Crippen molar-refractivity contribution in [1.82, 2.24) is 0 Å². The molecular weight excluding hydrogens is 224 g/mol. The Morgan fingerprint density at radius 2 is 1.88 bits per heavy atom. The van der Waals surface area contributed by atoms with Gasteiger partial charge in [0.25, 0.3) is 0 Å². The van der Waals surface area contributed by atoms with Crippen molar-refractivity contribution in [3.63, 3.8) is 0 Å². The van der Waals surface area contributed by atoms with Crippen LogP contribution in [-0.4, -0.2) is 29.9 Å². The maximum atomic E-state index is 11.2. The average Bonchev–Trinajstić information content (AvgIpc) is 2.24. The lowest BCUT2D eigenvalue weighted by Gasteiger charge is -2.29. The van der Waals surface area contributed by atoms with Gasteiger partial charge in [0.05, 0.1) is 12.0 Å². The van der Waals surface area contributed by atoms with Gasteiger partial charge < -0.3 is 14.6 Å². The molecule has 5 nitrogen and oxygen atoms in total. The number of aliphatic carboxylic acids is 1. The molecule has 5 heteroatoms. The molecule has 0 aliphatic rings. The summed E-state index contributed by atoms with van der Waals surface area (Å²) in [6.45, 7) is 6.98. The number of unbranched alkanes of at least 4 members (excludes halogenated alkanes) is 1. The summed E-state index contributed by atoms with van der Waals surface area (Å²) in [6, 6.07) is 0. The first kappa shape index (κ1) is 15.7. The van der Waals surface area contributed by atoms with E-state index in [1.54, 1.807) is 20.8 Å². The molecule has 0 bridgehead atoms. The van der Waals surface area contributed by atoms with Gasteiger partial charge in [0.1, 0.15) is 6.10 Å². The van der Waals surface area contributed by atoms with Gasteiger partial charge in [-0.3, -0.25) is 4.79 Å². The Hall–Kier alpha value is -1.26. The Kier molecular flexibility index (Phi) is 6.61. The molecule has 0 aromatic carbocycles. The topological polar surface area (TPSA) is 72.8 Å². The van der Waals surface area contributed by atoms with E-state index in [0.29, 0.717) is 6.42 Å². The van der Waals surface area contributed by atoms with Crippen LogP contribution in [0.2, 0.25) is 0 Å². The molecule has 0 aromatic rings. The van der Waals surface area contributed by atoms with Crippen molar-refractivity contribution in [3.8, 4) is 0 Å². The Bertz CT molecular complexity index is 260. The van der Waals surface area contributed by atoms with E-state index in [4.69, 9.17) is 9.84 Å². The lowest BCUT2D eigenvalue weighted by Crippen LogP contribution is -2.40. The van der Waals surface area contributed by atoms with E-state index in [0.717, 1.165) is 12.8 Å². The van der Waals surface area contributed by atoms with Crippen molar-refractivity contribution in [2.45, 2.75) is 53.1 Å². The van der Waals surface area contributed by atoms with Crippen LogP contribution in [0.5, 0.6) is 0 Å². The maximum Gasteiger partial charge on any atom is 0.508 e. The number of hydrogen-bond acceptors (Lipinski definition) is 4. The molecule has 0 saturated heterocycles. The number of carboxylic acids is 1. The van der Waals surface area contributed by atoms with Gasteiger partial charge in [-0.2, -0.15) is 0 Å². The fourth-order valence-electron chi connectivity index (χ4n) is 1.36. The fourth-order valence-corrected chi connectivity index (χ4v) is 1.36. The van der Waals surface area contributed by atoms with E-state index in [9.17, 15) is 9.59 Å². The summed E-state index contributed by atoms with van der Waals surface area (Å²) in [6.07, 6.45) is 0.773. The minimum absolute atomic E-state index is 0.215. The minimum atomic E-state index is -1.11. The number of ether oxygens (including phenoxy) is 2. The first-order valence-corrected chi connectivity index (χ1v) is 5.93. The zero-order chi connectivity index (χ0) is 13.5. The first-order chi connectivity index (χ1) is 7.86. The molecule has 1 atom stereocenters. The molecule has 1 N–H and O–H groups in total. The largest absolute Gasteiger partial charge is 0.508 e. The highest BCUT2D eigenvalue weighted by atomic mass is 16.7. The van der Waals surface area contributed by atoms with Gasteiger partial charge in [0, 0.05) is 0 Å². The molecular formula is C12H22O5. The van der Waals surface area contributed by atoms with Crippen molar-refractivity contribution < 1.29 is 24.2 Å². The Balaban J connectivity index is 4.63. The summed E-state index contributed by atoms with van der Waals surface area (Å²) in [7, 11) is 0. The van der Waals surface area contributed by atoms with Crippen molar-refractivity contribution >= 4 is 12.1 Å². The molecule has 17 heavy (non-hydrogen) atoms. The van der Waals surface area contributed by atoms with Crippen LogP contribution in [0.1, 0.15) is 47.0 Å². The third kappa shape index (κ3) is 5.06. The van der Waals surface area contributed by atoms with Gasteiger partial charge in [-0.1, -0.05) is 19.8 Å². The highest BCUT2D eigenvalue weighted by Gasteiger charge is 2.39. The molecule has 100 valence electrons. The standard InChI is InChI=1S/C12H22O5/c1-5-7-8-9(12(3,4)10(13)14)17-11(15)16-6-2/h9H,5-8H2,1-4H3,(H,13,14). The first-order valence-electron chi connectivity index (χ1n) is 5.93. The van der Waals surface area contributed by atoms with Crippen LogP contribution in [0.3, 0.4) is 0 Å². The molecule has 0 saturated carbocycles. The maximum absolute atomic E-state index is 11.2. The molecule has 0 aliphatic carbocycles. The van der Waals surface area contributed by atoms with Crippen LogP contribution in [0.4, 0.5) is 4.79 Å². The molecule has 0 aliphatic heterocycles. The molecule has 0 radical (unpaired) electrons. The Morgan fingerprint density at radius 1 is 1.29 bits per heavy atom. The molecule has 0 heterocycles. The molecule has 0 rings (SSSR count). The highest BCUT2D eigenvalue weighted by Crippen LogP contribution is 2.28. The third-order valence-corrected chi connectivity index (χ3v) is 2.68. The van der Waals surface area contributed by atoms with Gasteiger partial charge in [0.15, 0.2) is 0 Å². The second-order valence-electron chi connectivity index (χ2n) is 4.46. The van der Waals surface area contributed by atoms with E-state index in [-0.39, 0.29) is 6.61 Å². The number of rotatable bonds is 7. The van der Waals surface area contributed by atoms with Crippen LogP contribution >= 0.6 is 0 Å². The van der Waals surface area contributed by atoms with Crippen LogP contribution in [0, 0.1) is 5.41 Å². The van der Waals surface area contributed by atoms with E-state index < -0.39 is 23.6 Å². The summed E-state index contributed by atoms with van der Waals surface area (Å²) >= 11 is 0. The SMILES string of the molecule is CCCCC(OC(=O)OCC)C(C)(C)C(=O)O. The predicted octanol–water partition coefficient (Wildman–Crippen LogP) is 2.83. The van der Waals surface area contributed by atoms with Crippen LogP contribution in [-0.2, 0) is 14.3 Å². The molecule has 0 aromatic heterocycles. The fraction of sp³-hybridized carbons (Fsp3) is 0.833. The van der Waals surface area contributed by atoms with Gasteiger partial charge in [-0.25, -0.2) is 4.79 Å². The highest BCUT2D eigenvalue weighted by molar-refractivity contribution is 5.75. The quantitative estimate of drug-likeness (QED) is 0.699. The monoisotopic (exact) mass is 246 g/mol. The summed E-state index contributed by atoms with van der Waals surface area (Å²) in [4.78, 5) is 22.4. The van der Waals surface area contributed by atoms with Gasteiger partial charge >= 0.3 is 12.1 Å². The summed E-state index contributed by atoms with van der Waals surface area (Å²) in [5.41, 5.74) is -1.11. The predicted molar refractivity (Wildman–Crippen MR) is 62.8 cm³/mol. The lowest BCUT2D eigenvalue weighted by molar-refractivity contribution is -0.154. The minimum Gasteiger partial charge on any atom is -0.481 e. The second kappa shape index (κ2) is 7.14. The summed E-state index contributed by atoms with van der Waals surface area (Å²) < 4.78 is 9.75. The van der Waals surface area contributed by atoms with Crippen LogP contribution < -0.4 is 0 Å².